The molecule has 0 aromatic heterocycles. The molecule has 1 N–H and O–H groups in total. The maximum absolute atomic E-state index is 6.11. The van der Waals surface area contributed by atoms with Crippen molar-refractivity contribution < 1.29 is 9.47 Å². The third kappa shape index (κ3) is 2.13. The molecule has 19 heavy (non-hydrogen) atoms. The molecule has 3 rings (SSSR count). The minimum Gasteiger partial charge on any atom is -0.347 e. The molecule has 1 saturated heterocycles. The first kappa shape index (κ1) is 12.9. The number of hydrogen-bond acceptors (Lipinski definition) is 4. The van der Waals surface area contributed by atoms with E-state index in [1.807, 2.05) is 6.20 Å². The van der Waals surface area contributed by atoms with E-state index in [0.717, 1.165) is 18.8 Å². The minimum atomic E-state index is -0.273. The van der Waals surface area contributed by atoms with Crippen LogP contribution in [0, 0.1) is 5.92 Å². The number of allylic oxidation sites excluding steroid dienone is 1. The van der Waals surface area contributed by atoms with Crippen LogP contribution in [0.1, 0.15) is 34.1 Å². The Morgan fingerprint density at radius 2 is 1.89 bits per heavy atom. The molecule has 0 saturated carbocycles. The molecule has 1 unspecified atom stereocenters. The van der Waals surface area contributed by atoms with Gasteiger partial charge in [-0.1, -0.05) is 12.2 Å². The molecular formula is C15H22N2O2. The summed E-state index contributed by atoms with van der Waals surface area (Å²) in [7, 11) is 0. The highest BCUT2D eigenvalue weighted by molar-refractivity contribution is 6.00. The third-order valence-corrected chi connectivity index (χ3v) is 4.48. The summed E-state index contributed by atoms with van der Waals surface area (Å²) in [5.74, 6) is 1.20. The van der Waals surface area contributed by atoms with Gasteiger partial charge in [0.25, 0.3) is 0 Å². The van der Waals surface area contributed by atoms with Crippen LogP contribution in [0.5, 0.6) is 0 Å². The highest BCUT2D eigenvalue weighted by Gasteiger charge is 2.51. The van der Waals surface area contributed by atoms with Crippen LogP contribution < -0.4 is 5.32 Å². The van der Waals surface area contributed by atoms with Gasteiger partial charge in [-0.2, -0.15) is 0 Å². The molecule has 4 nitrogen and oxygen atoms in total. The molecule has 0 aromatic rings. The van der Waals surface area contributed by atoms with Gasteiger partial charge in [0.1, 0.15) is 5.84 Å². The fourth-order valence-electron chi connectivity index (χ4n) is 2.54. The maximum Gasteiger partial charge on any atom is 0.167 e. The van der Waals surface area contributed by atoms with E-state index in [9.17, 15) is 0 Å². The standard InChI is InChI=1S/C15H22N2O2/c1-14(2)15(3,4)19-13(18-14)11-8-10-6-5-7-16-12(10)17-9-11/h5,7-8,11,13H,6,9H2,1-4H3,(H,16,17). The normalized spacial score (nSPS) is 32.3. The monoisotopic (exact) mass is 262 g/mol. The van der Waals surface area contributed by atoms with Crippen LogP contribution in [-0.2, 0) is 9.47 Å². The number of amidine groups is 1. The zero-order valence-electron chi connectivity index (χ0n) is 12.1. The third-order valence-electron chi connectivity index (χ3n) is 4.48. The number of nitrogens with one attached hydrogen (secondary N) is 1. The van der Waals surface area contributed by atoms with Gasteiger partial charge in [0.2, 0.25) is 0 Å². The SMILES string of the molecule is CC1(C)OC(C2C=C3CC=CNC3=NC2)OC1(C)C. The van der Waals surface area contributed by atoms with Crippen molar-refractivity contribution in [2.75, 3.05) is 6.54 Å². The summed E-state index contributed by atoms with van der Waals surface area (Å²) in [6.07, 6.45) is 7.04. The quantitative estimate of drug-likeness (QED) is 0.789. The van der Waals surface area contributed by atoms with Crippen molar-refractivity contribution in [2.45, 2.75) is 51.6 Å². The molecule has 104 valence electrons. The van der Waals surface area contributed by atoms with Crippen LogP contribution in [0.2, 0.25) is 0 Å². The smallest absolute Gasteiger partial charge is 0.167 e. The first-order valence-corrected chi connectivity index (χ1v) is 6.92. The van der Waals surface area contributed by atoms with Crippen LogP contribution in [0.15, 0.2) is 28.9 Å². The predicted molar refractivity (Wildman–Crippen MR) is 74.9 cm³/mol. The molecule has 0 spiro atoms. The van der Waals surface area contributed by atoms with Crippen LogP contribution >= 0.6 is 0 Å². The Balaban J connectivity index is 1.78. The van der Waals surface area contributed by atoms with E-state index in [-0.39, 0.29) is 23.4 Å². The summed E-state index contributed by atoms with van der Waals surface area (Å²) in [6.45, 7) is 9.06. The van der Waals surface area contributed by atoms with Crippen molar-refractivity contribution in [3.05, 3.63) is 23.9 Å². The number of hydrogen-bond donors (Lipinski definition) is 1. The zero-order chi connectivity index (χ0) is 13.7. The lowest BCUT2D eigenvalue weighted by molar-refractivity contribution is -0.109. The van der Waals surface area contributed by atoms with Crippen molar-refractivity contribution in [1.82, 2.24) is 5.32 Å². The van der Waals surface area contributed by atoms with Crippen molar-refractivity contribution in [1.29, 1.82) is 0 Å². The van der Waals surface area contributed by atoms with E-state index < -0.39 is 0 Å². The molecule has 0 bridgehead atoms. The molecule has 3 aliphatic rings. The highest BCUT2D eigenvalue weighted by atomic mass is 16.7. The lowest BCUT2D eigenvalue weighted by Crippen LogP contribution is -2.41. The second kappa shape index (κ2) is 4.18. The first-order valence-electron chi connectivity index (χ1n) is 6.92. The van der Waals surface area contributed by atoms with Crippen LogP contribution in [0.3, 0.4) is 0 Å². The summed E-state index contributed by atoms with van der Waals surface area (Å²) in [5.41, 5.74) is 0.698. The van der Waals surface area contributed by atoms with Crippen LogP contribution in [0.25, 0.3) is 0 Å². The Hall–Kier alpha value is -1.13. The second-order valence-corrected chi connectivity index (χ2v) is 6.42. The van der Waals surface area contributed by atoms with Gasteiger partial charge in [0.05, 0.1) is 17.7 Å². The predicted octanol–water partition coefficient (Wildman–Crippen LogP) is 2.38. The largest absolute Gasteiger partial charge is 0.347 e. The van der Waals surface area contributed by atoms with E-state index in [2.05, 4.69) is 50.2 Å². The number of ether oxygens (including phenoxy) is 2. The fraction of sp³-hybridized carbons (Fsp3) is 0.667. The second-order valence-electron chi connectivity index (χ2n) is 6.42. The molecule has 3 heterocycles. The molecule has 4 heteroatoms. The molecule has 0 radical (unpaired) electrons. The van der Waals surface area contributed by atoms with E-state index >= 15 is 0 Å². The summed E-state index contributed by atoms with van der Waals surface area (Å²) >= 11 is 0. The van der Waals surface area contributed by atoms with Gasteiger partial charge < -0.3 is 14.8 Å². The van der Waals surface area contributed by atoms with Crippen LogP contribution in [0.4, 0.5) is 0 Å². The number of aliphatic imine (C=N–C) groups is 1. The van der Waals surface area contributed by atoms with E-state index in [0.29, 0.717) is 0 Å². The van der Waals surface area contributed by atoms with Gasteiger partial charge >= 0.3 is 0 Å². The fourth-order valence-corrected chi connectivity index (χ4v) is 2.54. The Labute approximate surface area is 114 Å². The molecule has 3 aliphatic heterocycles. The average Bonchev–Trinajstić information content (AvgIpc) is 2.58. The molecule has 1 atom stereocenters. The molecule has 0 aliphatic carbocycles. The highest BCUT2D eigenvalue weighted by Crippen LogP contribution is 2.41. The summed E-state index contributed by atoms with van der Waals surface area (Å²) < 4.78 is 12.2. The van der Waals surface area contributed by atoms with Gasteiger partial charge in [-0.05, 0) is 45.9 Å². The summed E-state index contributed by atoms with van der Waals surface area (Å²) in [4.78, 5) is 4.60. The molecule has 0 aromatic carbocycles. The van der Waals surface area contributed by atoms with Gasteiger partial charge in [0.15, 0.2) is 6.29 Å². The number of fused-ring (bicyclic) bond motifs is 1. The number of rotatable bonds is 1. The van der Waals surface area contributed by atoms with Gasteiger partial charge in [-0.3, -0.25) is 4.99 Å². The van der Waals surface area contributed by atoms with E-state index in [1.54, 1.807) is 0 Å². The number of nitrogens with zero attached hydrogens (tertiary/aromatic N) is 1. The molecule has 1 fully saturated rings. The summed E-state index contributed by atoms with van der Waals surface area (Å²) in [5, 5.41) is 3.18. The minimum absolute atomic E-state index is 0.200. The topological polar surface area (TPSA) is 42.8 Å². The Kier molecular flexibility index (Phi) is 2.84. The van der Waals surface area contributed by atoms with Gasteiger partial charge in [-0.15, -0.1) is 0 Å². The van der Waals surface area contributed by atoms with Crippen molar-refractivity contribution in [3.63, 3.8) is 0 Å². The molecular weight excluding hydrogens is 240 g/mol. The molecule has 0 amide bonds. The number of dihydropyridines is 1. The lowest BCUT2D eigenvalue weighted by atomic mass is 9.90. The Morgan fingerprint density at radius 1 is 1.21 bits per heavy atom. The van der Waals surface area contributed by atoms with Gasteiger partial charge in [0, 0.05) is 5.92 Å². The Morgan fingerprint density at radius 3 is 2.58 bits per heavy atom. The van der Waals surface area contributed by atoms with E-state index in [1.165, 1.54) is 5.57 Å². The van der Waals surface area contributed by atoms with Crippen LogP contribution in [-0.4, -0.2) is 29.9 Å². The first-order chi connectivity index (χ1) is 8.89. The maximum atomic E-state index is 6.11. The van der Waals surface area contributed by atoms with E-state index in [4.69, 9.17) is 9.47 Å². The zero-order valence-corrected chi connectivity index (χ0v) is 12.1. The Bertz CT molecular complexity index is 459. The summed E-state index contributed by atoms with van der Waals surface area (Å²) in [6, 6.07) is 0. The van der Waals surface area contributed by atoms with Crippen molar-refractivity contribution >= 4 is 5.84 Å². The van der Waals surface area contributed by atoms with Gasteiger partial charge in [-0.25, -0.2) is 0 Å². The van der Waals surface area contributed by atoms with Crippen molar-refractivity contribution in [3.8, 4) is 0 Å². The lowest BCUT2D eigenvalue weighted by Gasteiger charge is -2.30. The average molecular weight is 262 g/mol. The van der Waals surface area contributed by atoms with Crippen molar-refractivity contribution in [2.24, 2.45) is 10.9 Å².